The highest BCUT2D eigenvalue weighted by Gasteiger charge is 2.19. The molecule has 0 heterocycles. The van der Waals surface area contributed by atoms with Gasteiger partial charge in [0.1, 0.15) is 5.75 Å². The highest BCUT2D eigenvalue weighted by molar-refractivity contribution is 5.96. The first-order valence-corrected chi connectivity index (χ1v) is 7.33. The lowest BCUT2D eigenvalue weighted by Gasteiger charge is -2.25. The van der Waals surface area contributed by atoms with Crippen molar-refractivity contribution in [1.29, 1.82) is 0 Å². The van der Waals surface area contributed by atoms with Gasteiger partial charge in [-0.2, -0.15) is 0 Å². The van der Waals surface area contributed by atoms with E-state index in [2.05, 4.69) is 0 Å². The van der Waals surface area contributed by atoms with Gasteiger partial charge in [-0.05, 0) is 50.3 Å². The number of aliphatic hydroxyl groups is 1. The van der Waals surface area contributed by atoms with Gasteiger partial charge < -0.3 is 15.6 Å². The number of aliphatic hydroxyl groups excluding tert-OH is 1. The Kier molecular flexibility index (Phi) is 5.56. The molecule has 4 nitrogen and oxygen atoms in total. The molecule has 0 radical (unpaired) electrons. The van der Waals surface area contributed by atoms with Crippen LogP contribution in [0.15, 0.2) is 24.3 Å². The zero-order valence-electron chi connectivity index (χ0n) is 11.8. The van der Waals surface area contributed by atoms with Crippen molar-refractivity contribution >= 4 is 5.78 Å². The lowest BCUT2D eigenvalue weighted by atomic mass is 9.88. The van der Waals surface area contributed by atoms with Crippen molar-refractivity contribution in [2.45, 2.75) is 38.2 Å². The Morgan fingerprint density at radius 3 is 2.75 bits per heavy atom. The van der Waals surface area contributed by atoms with Crippen LogP contribution in [0.5, 0.6) is 5.75 Å². The molecule has 0 unspecified atom stereocenters. The Balaban J connectivity index is 1.86. The number of ketones is 1. The summed E-state index contributed by atoms with van der Waals surface area (Å²) in [4.78, 5) is 11.8. The lowest BCUT2D eigenvalue weighted by molar-refractivity contribution is 0.0914. The van der Waals surface area contributed by atoms with E-state index in [-0.39, 0.29) is 11.9 Å². The van der Waals surface area contributed by atoms with Crippen LogP contribution in [-0.2, 0) is 0 Å². The molecule has 20 heavy (non-hydrogen) atoms. The van der Waals surface area contributed by atoms with Crippen LogP contribution in [0.4, 0.5) is 0 Å². The van der Waals surface area contributed by atoms with Gasteiger partial charge in [0.2, 0.25) is 0 Å². The van der Waals surface area contributed by atoms with Gasteiger partial charge in [0.25, 0.3) is 0 Å². The summed E-state index contributed by atoms with van der Waals surface area (Å²) in [6, 6.07) is 7.29. The maximum atomic E-state index is 11.8. The molecule has 1 aliphatic carbocycles. The molecule has 0 amide bonds. The first-order chi connectivity index (χ1) is 9.69. The zero-order valence-corrected chi connectivity index (χ0v) is 11.8. The summed E-state index contributed by atoms with van der Waals surface area (Å²) in [7, 11) is 0. The molecule has 1 aliphatic rings. The van der Waals surface area contributed by atoms with E-state index in [1.54, 1.807) is 12.1 Å². The molecule has 0 spiro atoms. The summed E-state index contributed by atoms with van der Waals surface area (Å²) < 4.78 is 5.78. The predicted octanol–water partition coefficient (Wildman–Crippen LogP) is 2.15. The second-order valence-electron chi connectivity index (χ2n) is 5.48. The zero-order chi connectivity index (χ0) is 14.4. The summed E-state index contributed by atoms with van der Waals surface area (Å²) in [5.41, 5.74) is 6.06. The Morgan fingerprint density at radius 2 is 2.05 bits per heavy atom. The van der Waals surface area contributed by atoms with Crippen molar-refractivity contribution in [3.05, 3.63) is 29.8 Å². The van der Waals surface area contributed by atoms with Gasteiger partial charge in [0.15, 0.2) is 5.78 Å². The highest BCUT2D eigenvalue weighted by Crippen LogP contribution is 2.25. The molecule has 2 rings (SSSR count). The van der Waals surface area contributed by atoms with Crippen molar-refractivity contribution in [3.63, 3.8) is 0 Å². The van der Waals surface area contributed by atoms with Crippen molar-refractivity contribution in [3.8, 4) is 5.75 Å². The molecule has 4 heteroatoms. The van der Waals surface area contributed by atoms with Crippen LogP contribution < -0.4 is 10.5 Å². The summed E-state index contributed by atoms with van der Waals surface area (Å²) in [6.45, 7) is 1.02. The third kappa shape index (κ3) is 4.32. The van der Waals surface area contributed by atoms with E-state index in [1.165, 1.54) is 0 Å². The molecular weight excluding hydrogens is 254 g/mol. The minimum Gasteiger partial charge on any atom is -0.493 e. The summed E-state index contributed by atoms with van der Waals surface area (Å²) in [6.07, 6.45) is 3.97. The average molecular weight is 277 g/mol. The van der Waals surface area contributed by atoms with Crippen LogP contribution in [0.1, 0.15) is 42.5 Å². The molecule has 1 fully saturated rings. The Labute approximate surface area is 119 Å². The molecular formula is C16H23NO3. The molecule has 0 atom stereocenters. The van der Waals surface area contributed by atoms with Crippen LogP contribution in [0.2, 0.25) is 0 Å². The minimum absolute atomic E-state index is 0.0544. The van der Waals surface area contributed by atoms with E-state index >= 15 is 0 Å². The van der Waals surface area contributed by atoms with Gasteiger partial charge in [-0.3, -0.25) is 4.79 Å². The molecule has 3 N–H and O–H groups in total. The fourth-order valence-corrected chi connectivity index (χ4v) is 2.56. The van der Waals surface area contributed by atoms with E-state index < -0.39 is 0 Å². The third-order valence-corrected chi connectivity index (χ3v) is 3.83. The number of rotatable bonds is 6. The molecule has 0 aliphatic heterocycles. The smallest absolute Gasteiger partial charge is 0.164 e. The highest BCUT2D eigenvalue weighted by atomic mass is 16.5. The topological polar surface area (TPSA) is 72.6 Å². The third-order valence-electron chi connectivity index (χ3n) is 3.83. The van der Waals surface area contributed by atoms with Gasteiger partial charge in [-0.25, -0.2) is 0 Å². The van der Waals surface area contributed by atoms with E-state index in [0.717, 1.165) is 31.4 Å². The number of nitrogens with two attached hydrogens (primary N) is 1. The fourth-order valence-electron chi connectivity index (χ4n) is 2.56. The maximum absolute atomic E-state index is 11.8. The second kappa shape index (κ2) is 7.41. The number of carbonyl (C=O) groups is 1. The number of benzene rings is 1. The summed E-state index contributed by atoms with van der Waals surface area (Å²) in [5, 5.41) is 9.47. The predicted molar refractivity (Wildman–Crippen MR) is 77.9 cm³/mol. The van der Waals surface area contributed by atoms with Gasteiger partial charge in [0.05, 0.1) is 12.7 Å². The van der Waals surface area contributed by atoms with E-state index in [1.807, 2.05) is 12.1 Å². The first kappa shape index (κ1) is 15.0. The molecule has 110 valence electrons. The van der Waals surface area contributed by atoms with Crippen molar-refractivity contribution in [2.24, 2.45) is 11.7 Å². The van der Waals surface area contributed by atoms with E-state index in [9.17, 15) is 9.90 Å². The van der Waals surface area contributed by atoms with Crippen molar-refractivity contribution in [2.75, 3.05) is 13.2 Å². The van der Waals surface area contributed by atoms with Gasteiger partial charge in [-0.15, -0.1) is 0 Å². The maximum Gasteiger partial charge on any atom is 0.164 e. The summed E-state index contributed by atoms with van der Waals surface area (Å²) in [5.74, 6) is 1.29. The van der Waals surface area contributed by atoms with Gasteiger partial charge in [0, 0.05) is 12.0 Å². The second-order valence-corrected chi connectivity index (χ2v) is 5.48. The number of carbonyl (C=O) groups excluding carboxylic acids is 1. The van der Waals surface area contributed by atoms with Crippen LogP contribution in [0.3, 0.4) is 0 Å². The number of hydrogen-bond acceptors (Lipinski definition) is 4. The average Bonchev–Trinajstić information content (AvgIpc) is 2.47. The largest absolute Gasteiger partial charge is 0.493 e. The van der Waals surface area contributed by atoms with Crippen molar-refractivity contribution < 1.29 is 14.6 Å². The minimum atomic E-state index is -0.136. The molecule has 1 saturated carbocycles. The Morgan fingerprint density at radius 1 is 1.30 bits per heavy atom. The number of ether oxygens (including phenoxy) is 1. The molecule has 1 aromatic rings. The van der Waals surface area contributed by atoms with Gasteiger partial charge in [-0.1, -0.05) is 12.1 Å². The fraction of sp³-hybridized carbons (Fsp3) is 0.562. The monoisotopic (exact) mass is 277 g/mol. The van der Waals surface area contributed by atoms with E-state index in [0.29, 0.717) is 31.1 Å². The Bertz CT molecular complexity index is 439. The SMILES string of the molecule is NCCC(=O)c1cccc(OC[C@H]2CC[C@@H](O)CC2)c1. The van der Waals surface area contributed by atoms with Gasteiger partial charge >= 0.3 is 0 Å². The Hall–Kier alpha value is -1.39. The van der Waals surface area contributed by atoms with Crippen LogP contribution in [-0.4, -0.2) is 30.1 Å². The van der Waals surface area contributed by atoms with Crippen LogP contribution in [0, 0.1) is 5.92 Å². The number of Topliss-reactive ketones (excluding diaryl/α,β-unsaturated/α-hetero) is 1. The summed E-state index contributed by atoms with van der Waals surface area (Å²) >= 11 is 0. The molecule has 0 bridgehead atoms. The lowest BCUT2D eigenvalue weighted by Crippen LogP contribution is -2.22. The normalized spacial score (nSPS) is 22.5. The van der Waals surface area contributed by atoms with Crippen molar-refractivity contribution in [1.82, 2.24) is 0 Å². The standard InChI is InChI=1S/C16H23NO3/c17-9-8-16(19)13-2-1-3-15(10-13)20-11-12-4-6-14(18)7-5-12/h1-3,10,12,14,18H,4-9,11,17H2/t12-,14+. The molecule has 0 saturated heterocycles. The first-order valence-electron chi connectivity index (χ1n) is 7.33. The molecule has 1 aromatic carbocycles. The molecule has 0 aromatic heterocycles. The van der Waals surface area contributed by atoms with Crippen LogP contribution in [0.25, 0.3) is 0 Å². The van der Waals surface area contributed by atoms with E-state index in [4.69, 9.17) is 10.5 Å². The van der Waals surface area contributed by atoms with Crippen LogP contribution >= 0.6 is 0 Å². The number of hydrogen-bond donors (Lipinski definition) is 2. The quantitative estimate of drug-likeness (QED) is 0.781.